The fourth-order valence-electron chi connectivity index (χ4n) is 2.38. The number of nitrogens with one attached hydrogen (secondary N) is 1. The van der Waals surface area contributed by atoms with Gasteiger partial charge in [-0.2, -0.15) is 4.98 Å². The van der Waals surface area contributed by atoms with Crippen LogP contribution in [-0.4, -0.2) is 56.5 Å². The number of morpholine rings is 1. The van der Waals surface area contributed by atoms with Crippen molar-refractivity contribution in [3.05, 3.63) is 36.5 Å². The van der Waals surface area contributed by atoms with Crippen molar-refractivity contribution in [1.82, 2.24) is 9.97 Å². The van der Waals surface area contributed by atoms with Crippen molar-refractivity contribution in [2.24, 2.45) is 0 Å². The minimum absolute atomic E-state index is 0.545. The molecule has 0 aliphatic carbocycles. The molecule has 0 amide bonds. The zero-order valence-electron chi connectivity index (χ0n) is 13.8. The molecule has 0 radical (unpaired) electrons. The molecule has 1 N–H and O–H groups in total. The number of rotatable bonds is 7. The quantitative estimate of drug-likeness (QED) is 0.777. The van der Waals surface area contributed by atoms with Crippen LogP contribution < -0.4 is 19.7 Å². The Morgan fingerprint density at radius 1 is 1.12 bits per heavy atom. The first-order chi connectivity index (χ1) is 11.8. The summed E-state index contributed by atoms with van der Waals surface area (Å²) in [6.45, 7) is 4.29. The van der Waals surface area contributed by atoms with Crippen LogP contribution in [0.4, 0.5) is 11.8 Å². The molecule has 1 aliphatic heterocycles. The second-order valence-corrected chi connectivity index (χ2v) is 5.29. The van der Waals surface area contributed by atoms with Crippen molar-refractivity contribution in [3.63, 3.8) is 0 Å². The molecule has 1 aromatic carbocycles. The molecule has 1 fully saturated rings. The standard InChI is InChI=1S/C17H22N4O3/c1-22-14-2-4-15(5-3-14)24-11-8-18-16-6-7-19-17(20-16)21-9-12-23-13-10-21/h2-7H,8-13H2,1H3,(H,18,19,20). The van der Waals surface area contributed by atoms with Crippen LogP contribution in [0.3, 0.4) is 0 Å². The zero-order valence-corrected chi connectivity index (χ0v) is 13.8. The lowest BCUT2D eigenvalue weighted by molar-refractivity contribution is 0.122. The molecular formula is C17H22N4O3. The van der Waals surface area contributed by atoms with Gasteiger partial charge in [-0.3, -0.25) is 0 Å². The van der Waals surface area contributed by atoms with Gasteiger partial charge in [-0.1, -0.05) is 0 Å². The third-order valence-corrected chi connectivity index (χ3v) is 3.67. The Kier molecular flexibility index (Phi) is 5.68. The van der Waals surface area contributed by atoms with Gasteiger partial charge in [0.05, 0.1) is 26.9 Å². The third kappa shape index (κ3) is 4.48. The summed E-state index contributed by atoms with van der Waals surface area (Å²) >= 11 is 0. The van der Waals surface area contributed by atoms with Gasteiger partial charge in [0, 0.05) is 19.3 Å². The van der Waals surface area contributed by atoms with E-state index in [2.05, 4.69) is 20.2 Å². The van der Waals surface area contributed by atoms with Crippen molar-refractivity contribution in [2.75, 3.05) is 56.8 Å². The highest BCUT2D eigenvalue weighted by Gasteiger charge is 2.13. The second kappa shape index (κ2) is 8.35. The highest BCUT2D eigenvalue weighted by atomic mass is 16.5. The first-order valence-electron chi connectivity index (χ1n) is 8.01. The predicted molar refractivity (Wildman–Crippen MR) is 92.0 cm³/mol. The van der Waals surface area contributed by atoms with Crippen LogP contribution in [0.15, 0.2) is 36.5 Å². The molecule has 1 aliphatic rings. The van der Waals surface area contributed by atoms with Gasteiger partial charge in [0.25, 0.3) is 0 Å². The summed E-state index contributed by atoms with van der Waals surface area (Å²) < 4.78 is 16.2. The Balaban J connectivity index is 1.45. The fraction of sp³-hybridized carbons (Fsp3) is 0.412. The Bertz CT molecular complexity index is 630. The molecule has 128 valence electrons. The van der Waals surface area contributed by atoms with Crippen molar-refractivity contribution < 1.29 is 14.2 Å². The van der Waals surface area contributed by atoms with Crippen molar-refractivity contribution >= 4 is 11.8 Å². The van der Waals surface area contributed by atoms with Gasteiger partial charge in [-0.05, 0) is 30.3 Å². The van der Waals surface area contributed by atoms with Crippen molar-refractivity contribution in [1.29, 1.82) is 0 Å². The molecule has 2 heterocycles. The maximum atomic E-state index is 5.69. The molecule has 0 unspecified atom stereocenters. The molecule has 0 bridgehead atoms. The summed E-state index contributed by atoms with van der Waals surface area (Å²) in [6, 6.07) is 9.39. The van der Waals surface area contributed by atoms with E-state index in [0.29, 0.717) is 13.2 Å². The van der Waals surface area contributed by atoms with Crippen LogP contribution >= 0.6 is 0 Å². The molecular weight excluding hydrogens is 308 g/mol. The summed E-state index contributed by atoms with van der Waals surface area (Å²) in [5.74, 6) is 3.16. The average molecular weight is 330 g/mol. The molecule has 0 atom stereocenters. The van der Waals surface area contributed by atoms with Gasteiger partial charge in [-0.15, -0.1) is 0 Å². The molecule has 7 nitrogen and oxygen atoms in total. The number of nitrogens with zero attached hydrogens (tertiary/aromatic N) is 3. The van der Waals surface area contributed by atoms with Gasteiger partial charge in [0.15, 0.2) is 0 Å². The summed E-state index contributed by atoms with van der Waals surface area (Å²) in [5, 5.41) is 3.26. The minimum atomic E-state index is 0.545. The molecule has 3 rings (SSSR count). The predicted octanol–water partition coefficient (Wildman–Crippen LogP) is 1.81. The Labute approximate surface area is 141 Å². The molecule has 0 saturated carbocycles. The van der Waals surface area contributed by atoms with E-state index < -0.39 is 0 Å². The number of ether oxygens (including phenoxy) is 3. The Hall–Kier alpha value is -2.54. The van der Waals surface area contributed by atoms with Gasteiger partial charge < -0.3 is 24.4 Å². The van der Waals surface area contributed by atoms with E-state index in [1.165, 1.54) is 0 Å². The molecule has 24 heavy (non-hydrogen) atoms. The van der Waals surface area contributed by atoms with E-state index in [1.54, 1.807) is 13.3 Å². The van der Waals surface area contributed by atoms with Gasteiger partial charge in [0.2, 0.25) is 5.95 Å². The third-order valence-electron chi connectivity index (χ3n) is 3.67. The van der Waals surface area contributed by atoms with E-state index in [9.17, 15) is 0 Å². The highest BCUT2D eigenvalue weighted by molar-refractivity contribution is 5.41. The smallest absolute Gasteiger partial charge is 0.227 e. The SMILES string of the molecule is COc1ccc(OCCNc2ccnc(N3CCOCC3)n2)cc1. The van der Waals surface area contributed by atoms with E-state index in [4.69, 9.17) is 14.2 Å². The number of aromatic nitrogens is 2. The summed E-state index contributed by atoms with van der Waals surface area (Å²) in [6.07, 6.45) is 1.77. The Morgan fingerprint density at radius 3 is 2.62 bits per heavy atom. The van der Waals surface area contributed by atoms with Gasteiger partial charge in [-0.25, -0.2) is 4.98 Å². The summed E-state index contributed by atoms with van der Waals surface area (Å²) in [4.78, 5) is 11.0. The highest BCUT2D eigenvalue weighted by Crippen LogP contribution is 2.17. The number of hydrogen-bond donors (Lipinski definition) is 1. The average Bonchev–Trinajstić information content (AvgIpc) is 2.67. The van der Waals surface area contributed by atoms with Crippen molar-refractivity contribution in [2.45, 2.75) is 0 Å². The van der Waals surface area contributed by atoms with E-state index in [0.717, 1.165) is 49.6 Å². The van der Waals surface area contributed by atoms with Crippen LogP contribution in [0, 0.1) is 0 Å². The number of anilines is 2. The molecule has 2 aromatic rings. The second-order valence-electron chi connectivity index (χ2n) is 5.29. The fourth-order valence-corrected chi connectivity index (χ4v) is 2.38. The minimum Gasteiger partial charge on any atom is -0.497 e. The lowest BCUT2D eigenvalue weighted by atomic mass is 10.3. The first-order valence-corrected chi connectivity index (χ1v) is 8.01. The van der Waals surface area contributed by atoms with Crippen LogP contribution in [0.1, 0.15) is 0 Å². The number of hydrogen-bond acceptors (Lipinski definition) is 7. The van der Waals surface area contributed by atoms with E-state index in [1.807, 2.05) is 30.3 Å². The van der Waals surface area contributed by atoms with Gasteiger partial charge >= 0.3 is 0 Å². The first kappa shape index (κ1) is 16.3. The Morgan fingerprint density at radius 2 is 1.88 bits per heavy atom. The molecule has 1 saturated heterocycles. The zero-order chi connectivity index (χ0) is 16.6. The van der Waals surface area contributed by atoms with E-state index >= 15 is 0 Å². The van der Waals surface area contributed by atoms with Gasteiger partial charge in [0.1, 0.15) is 23.9 Å². The largest absolute Gasteiger partial charge is 0.497 e. The molecule has 7 heteroatoms. The van der Waals surface area contributed by atoms with Crippen LogP contribution in [0.5, 0.6) is 11.5 Å². The summed E-state index contributed by atoms with van der Waals surface area (Å²) in [7, 11) is 1.65. The summed E-state index contributed by atoms with van der Waals surface area (Å²) in [5.41, 5.74) is 0. The number of benzene rings is 1. The molecule has 0 spiro atoms. The van der Waals surface area contributed by atoms with Crippen LogP contribution in [0.2, 0.25) is 0 Å². The maximum absolute atomic E-state index is 5.69. The van der Waals surface area contributed by atoms with Crippen molar-refractivity contribution in [3.8, 4) is 11.5 Å². The van der Waals surface area contributed by atoms with Crippen LogP contribution in [-0.2, 0) is 4.74 Å². The normalized spacial score (nSPS) is 14.3. The lowest BCUT2D eigenvalue weighted by Crippen LogP contribution is -2.37. The maximum Gasteiger partial charge on any atom is 0.227 e. The molecule has 1 aromatic heterocycles. The number of methoxy groups -OCH3 is 1. The van der Waals surface area contributed by atoms with E-state index in [-0.39, 0.29) is 0 Å². The topological polar surface area (TPSA) is 68.7 Å². The lowest BCUT2D eigenvalue weighted by Gasteiger charge is -2.26. The van der Waals surface area contributed by atoms with Crippen LogP contribution in [0.25, 0.3) is 0 Å². The monoisotopic (exact) mass is 330 g/mol.